The number of halogens is 2. The van der Waals surface area contributed by atoms with Crippen LogP contribution in [0.1, 0.15) is 53.3 Å². The number of anilines is 1. The second-order valence-electron chi connectivity index (χ2n) is 9.57. The highest BCUT2D eigenvalue weighted by molar-refractivity contribution is 6.39. The second kappa shape index (κ2) is 8.59. The average Bonchev–Trinajstić information content (AvgIpc) is 3.28. The number of rotatable bonds is 7. The molecule has 0 unspecified atom stereocenters. The number of carbonyl (C=O) groups is 1. The number of piperidine rings is 1. The SMILES string of the molecule is O=C(O)c1ccc(N2C[C@@H]3C[C@H]2C[C@H]3OCc2[nH]nc(C3CC3)c2-c2c(Cl)cccc2Cl)cc1. The standard InChI is InChI=1S/C26H25Cl2N3O3/c27-19-2-1-3-20(28)23(19)24-21(29-30-25(24)14-4-5-14)13-34-22-11-18-10-16(22)12-31(18)17-8-6-15(7-9-17)26(32)33/h1-3,6-9,14,16,18,22H,4-5,10-13H2,(H,29,30)(H,32,33)/t16-,18-,22+/m0/s1. The molecule has 3 aromatic rings. The third-order valence-electron chi connectivity index (χ3n) is 7.41. The molecule has 3 atom stereocenters. The molecule has 2 bridgehead atoms. The molecule has 6 rings (SSSR count). The van der Waals surface area contributed by atoms with Gasteiger partial charge in [-0.25, -0.2) is 4.79 Å². The highest BCUT2D eigenvalue weighted by Gasteiger charge is 2.45. The molecule has 176 valence electrons. The molecule has 1 aliphatic heterocycles. The number of nitrogens with one attached hydrogen (secondary N) is 1. The monoisotopic (exact) mass is 497 g/mol. The third-order valence-corrected chi connectivity index (χ3v) is 8.04. The summed E-state index contributed by atoms with van der Waals surface area (Å²) in [6.45, 7) is 1.36. The third kappa shape index (κ3) is 3.88. The summed E-state index contributed by atoms with van der Waals surface area (Å²) in [5, 5.41) is 18.2. The number of H-pyrrole nitrogens is 1. The number of aromatic amines is 1. The maximum Gasteiger partial charge on any atom is 0.335 e. The van der Waals surface area contributed by atoms with E-state index in [2.05, 4.69) is 15.1 Å². The smallest absolute Gasteiger partial charge is 0.335 e. The van der Waals surface area contributed by atoms with Gasteiger partial charge in [0, 0.05) is 41.2 Å². The van der Waals surface area contributed by atoms with Crippen LogP contribution in [0.4, 0.5) is 5.69 Å². The number of nitrogens with zero attached hydrogens (tertiary/aromatic N) is 2. The van der Waals surface area contributed by atoms with Crippen molar-refractivity contribution in [2.45, 2.75) is 50.4 Å². The highest BCUT2D eigenvalue weighted by Crippen LogP contribution is 2.48. The van der Waals surface area contributed by atoms with E-state index in [1.54, 1.807) is 12.1 Å². The van der Waals surface area contributed by atoms with E-state index in [1.807, 2.05) is 30.3 Å². The lowest BCUT2D eigenvalue weighted by Crippen LogP contribution is -2.38. The van der Waals surface area contributed by atoms with Crippen molar-refractivity contribution >= 4 is 34.9 Å². The quantitative estimate of drug-likeness (QED) is 0.409. The summed E-state index contributed by atoms with van der Waals surface area (Å²) in [5.74, 6) is 0.00212. The molecule has 2 heterocycles. The average molecular weight is 498 g/mol. The summed E-state index contributed by atoms with van der Waals surface area (Å²) in [6.07, 6.45) is 4.50. The molecule has 34 heavy (non-hydrogen) atoms. The van der Waals surface area contributed by atoms with Gasteiger partial charge in [-0.05, 0) is 62.1 Å². The number of ether oxygens (including phenoxy) is 1. The number of fused-ring (bicyclic) bond motifs is 2. The minimum absolute atomic E-state index is 0.182. The fourth-order valence-corrected chi connectivity index (χ4v) is 6.17. The first-order valence-corrected chi connectivity index (χ1v) is 12.5. The summed E-state index contributed by atoms with van der Waals surface area (Å²) < 4.78 is 6.45. The van der Waals surface area contributed by atoms with Gasteiger partial charge in [-0.2, -0.15) is 5.10 Å². The van der Waals surface area contributed by atoms with Crippen molar-refractivity contribution < 1.29 is 14.6 Å². The Morgan fingerprint density at radius 1 is 1.09 bits per heavy atom. The Morgan fingerprint density at radius 3 is 2.44 bits per heavy atom. The zero-order valence-corrected chi connectivity index (χ0v) is 20.0. The maximum atomic E-state index is 11.1. The first-order chi connectivity index (χ1) is 16.5. The normalized spacial score (nSPS) is 23.6. The lowest BCUT2D eigenvalue weighted by molar-refractivity contribution is 0.0113. The molecule has 0 amide bonds. The van der Waals surface area contributed by atoms with E-state index in [-0.39, 0.29) is 6.10 Å². The lowest BCUT2D eigenvalue weighted by atomic mass is 10.0. The molecule has 2 N–H and O–H groups in total. The molecule has 3 fully saturated rings. The number of benzene rings is 2. The lowest BCUT2D eigenvalue weighted by Gasteiger charge is -2.33. The van der Waals surface area contributed by atoms with Crippen LogP contribution in [0.2, 0.25) is 10.0 Å². The number of hydrogen-bond donors (Lipinski definition) is 2. The fraction of sp³-hybridized carbons (Fsp3) is 0.385. The van der Waals surface area contributed by atoms with Gasteiger partial charge in [-0.15, -0.1) is 0 Å². The largest absolute Gasteiger partial charge is 0.478 e. The number of hydrogen-bond acceptors (Lipinski definition) is 4. The Bertz CT molecular complexity index is 1220. The fourth-order valence-electron chi connectivity index (χ4n) is 5.58. The van der Waals surface area contributed by atoms with E-state index in [0.717, 1.165) is 60.4 Å². The van der Waals surface area contributed by atoms with E-state index in [1.165, 1.54) is 0 Å². The van der Waals surface area contributed by atoms with Gasteiger partial charge in [0.2, 0.25) is 0 Å². The Balaban J connectivity index is 1.17. The molecule has 8 heteroatoms. The van der Waals surface area contributed by atoms with Crippen molar-refractivity contribution in [2.24, 2.45) is 5.92 Å². The summed E-state index contributed by atoms with van der Waals surface area (Å²) >= 11 is 13.1. The van der Waals surface area contributed by atoms with E-state index >= 15 is 0 Å². The Hall–Kier alpha value is -2.54. The van der Waals surface area contributed by atoms with Crippen LogP contribution in [0, 0.1) is 5.92 Å². The predicted molar refractivity (Wildman–Crippen MR) is 132 cm³/mol. The minimum Gasteiger partial charge on any atom is -0.478 e. The molecule has 3 aliphatic rings. The van der Waals surface area contributed by atoms with Gasteiger partial charge in [-0.1, -0.05) is 29.3 Å². The van der Waals surface area contributed by atoms with Crippen molar-refractivity contribution in [3.63, 3.8) is 0 Å². The van der Waals surface area contributed by atoms with E-state index in [4.69, 9.17) is 33.0 Å². The summed E-state index contributed by atoms with van der Waals surface area (Å²) in [6, 6.07) is 13.2. The van der Waals surface area contributed by atoms with Gasteiger partial charge >= 0.3 is 5.97 Å². The zero-order chi connectivity index (χ0) is 23.4. The second-order valence-corrected chi connectivity index (χ2v) is 10.4. The molecule has 6 nitrogen and oxygen atoms in total. The molecular formula is C26H25Cl2N3O3. The van der Waals surface area contributed by atoms with E-state index < -0.39 is 5.97 Å². The number of carboxylic acids is 1. The topological polar surface area (TPSA) is 78.5 Å². The minimum atomic E-state index is -0.899. The van der Waals surface area contributed by atoms with E-state index in [9.17, 15) is 4.79 Å². The molecule has 2 aromatic carbocycles. The molecule has 2 aliphatic carbocycles. The first-order valence-electron chi connectivity index (χ1n) is 11.7. The molecule has 1 aromatic heterocycles. The summed E-state index contributed by atoms with van der Waals surface area (Å²) in [7, 11) is 0. The number of aromatic nitrogens is 2. The predicted octanol–water partition coefficient (Wildman–Crippen LogP) is 6.14. The van der Waals surface area contributed by atoms with Gasteiger partial charge in [-0.3, -0.25) is 5.10 Å². The van der Waals surface area contributed by atoms with Crippen LogP contribution in [0.5, 0.6) is 0 Å². The number of carboxylic acid groups (broad SMARTS) is 1. The van der Waals surface area contributed by atoms with Crippen LogP contribution in [-0.4, -0.2) is 40.0 Å². The Kier molecular flexibility index (Phi) is 5.55. The van der Waals surface area contributed by atoms with Gasteiger partial charge in [0.15, 0.2) is 0 Å². The first kappa shape index (κ1) is 22.0. The van der Waals surface area contributed by atoms with Crippen molar-refractivity contribution in [1.29, 1.82) is 0 Å². The van der Waals surface area contributed by atoms with Crippen LogP contribution >= 0.6 is 23.2 Å². The number of aromatic carboxylic acids is 1. The van der Waals surface area contributed by atoms with Crippen LogP contribution in [0.25, 0.3) is 11.1 Å². The van der Waals surface area contributed by atoms with Crippen LogP contribution in [0.15, 0.2) is 42.5 Å². The molecular weight excluding hydrogens is 473 g/mol. The molecule has 0 radical (unpaired) electrons. The van der Waals surface area contributed by atoms with Crippen molar-refractivity contribution in [3.05, 3.63) is 69.5 Å². The Morgan fingerprint density at radius 2 is 1.82 bits per heavy atom. The van der Waals surface area contributed by atoms with Crippen LogP contribution in [-0.2, 0) is 11.3 Å². The Labute approximate surface area is 207 Å². The van der Waals surface area contributed by atoms with Crippen LogP contribution in [0.3, 0.4) is 0 Å². The van der Waals surface area contributed by atoms with Crippen molar-refractivity contribution in [3.8, 4) is 11.1 Å². The molecule has 2 saturated carbocycles. The van der Waals surface area contributed by atoms with Crippen LogP contribution < -0.4 is 4.90 Å². The molecule has 0 spiro atoms. The maximum absolute atomic E-state index is 11.1. The van der Waals surface area contributed by atoms with Gasteiger partial charge < -0.3 is 14.7 Å². The van der Waals surface area contributed by atoms with Gasteiger partial charge in [0.1, 0.15) is 0 Å². The van der Waals surface area contributed by atoms with Crippen molar-refractivity contribution in [2.75, 3.05) is 11.4 Å². The highest BCUT2D eigenvalue weighted by atomic mass is 35.5. The van der Waals surface area contributed by atoms with Gasteiger partial charge in [0.05, 0.1) is 39.7 Å². The zero-order valence-electron chi connectivity index (χ0n) is 18.5. The van der Waals surface area contributed by atoms with E-state index in [0.29, 0.717) is 40.1 Å². The molecule has 1 saturated heterocycles. The summed E-state index contributed by atoms with van der Waals surface area (Å²) in [4.78, 5) is 13.5. The van der Waals surface area contributed by atoms with Crippen molar-refractivity contribution in [1.82, 2.24) is 10.2 Å². The summed E-state index contributed by atoms with van der Waals surface area (Å²) in [5.41, 5.74) is 5.20. The van der Waals surface area contributed by atoms with Gasteiger partial charge in [0.25, 0.3) is 0 Å².